The Balaban J connectivity index is 1.41. The zero-order chi connectivity index (χ0) is 23.6. The minimum absolute atomic E-state index is 0.120. The third kappa shape index (κ3) is 2.48. The Morgan fingerprint density at radius 3 is 2.15 bits per heavy atom. The maximum Gasteiger partial charge on any atom is 0.156 e. The van der Waals surface area contributed by atoms with Crippen LogP contribution >= 0.6 is 11.3 Å². The van der Waals surface area contributed by atoms with Crippen LogP contribution in [0.5, 0.6) is 0 Å². The summed E-state index contributed by atoms with van der Waals surface area (Å²) in [6.45, 7) is 5.62. The predicted molar refractivity (Wildman–Crippen MR) is 135 cm³/mol. The van der Waals surface area contributed by atoms with E-state index in [-0.39, 0.29) is 22.9 Å². The van der Waals surface area contributed by atoms with E-state index >= 15 is 0 Å². The van der Waals surface area contributed by atoms with Crippen LogP contribution in [-0.2, 0) is 19.7 Å². The summed E-state index contributed by atoms with van der Waals surface area (Å²) >= 11 is 2.05. The molecule has 1 heterocycles. The molecule has 0 N–H and O–H groups in total. The van der Waals surface area contributed by atoms with Crippen molar-refractivity contribution in [3.8, 4) is 0 Å². The number of methoxy groups -OCH3 is 1. The molecular weight excluding hydrogens is 440 g/mol. The summed E-state index contributed by atoms with van der Waals surface area (Å²) in [5, 5.41) is 0. The lowest BCUT2D eigenvalue weighted by Gasteiger charge is -2.54. The highest BCUT2D eigenvalue weighted by Gasteiger charge is 2.76. The lowest BCUT2D eigenvalue weighted by molar-refractivity contribution is -0.127. The van der Waals surface area contributed by atoms with Crippen LogP contribution in [0, 0.1) is 35.0 Å². The van der Waals surface area contributed by atoms with E-state index in [0.29, 0.717) is 29.3 Å². The number of Topliss-reactive ketones (excluding diaryl/α,β-unsaturated/α-hetero) is 2. The predicted octanol–water partition coefficient (Wildman–Crippen LogP) is 6.70. The van der Waals surface area contributed by atoms with Gasteiger partial charge in [0, 0.05) is 27.9 Å². The topological polar surface area (TPSA) is 43.4 Å². The number of allylic oxidation sites excluding steroid dienone is 2. The molecule has 5 unspecified atom stereocenters. The van der Waals surface area contributed by atoms with Gasteiger partial charge in [0.1, 0.15) is 5.78 Å². The molecular formula is C30H38O3S. The van der Waals surface area contributed by atoms with E-state index < -0.39 is 0 Å². The maximum atomic E-state index is 13.6. The Morgan fingerprint density at radius 1 is 0.971 bits per heavy atom. The van der Waals surface area contributed by atoms with Crippen molar-refractivity contribution in [2.24, 2.45) is 35.0 Å². The number of ether oxygens (including phenoxy) is 1. The molecule has 0 saturated heterocycles. The monoisotopic (exact) mass is 478 g/mol. The fraction of sp³-hybridized carbons (Fsp3) is 0.733. The van der Waals surface area contributed by atoms with Crippen LogP contribution < -0.4 is 0 Å². The summed E-state index contributed by atoms with van der Waals surface area (Å²) in [7, 11) is 1.84. The van der Waals surface area contributed by atoms with Gasteiger partial charge in [-0.2, -0.15) is 0 Å². The molecule has 5 saturated carbocycles. The average Bonchev–Trinajstić information content (AvgIpc) is 3.44. The first-order chi connectivity index (χ1) is 16.3. The first-order valence-electron chi connectivity index (χ1n) is 13.7. The van der Waals surface area contributed by atoms with Gasteiger partial charge in [-0.05, 0) is 131 Å². The van der Waals surface area contributed by atoms with E-state index in [0.717, 1.165) is 35.8 Å². The zero-order valence-electron chi connectivity index (χ0n) is 21.1. The van der Waals surface area contributed by atoms with Crippen molar-refractivity contribution in [1.29, 1.82) is 0 Å². The van der Waals surface area contributed by atoms with Crippen LogP contribution in [0.2, 0.25) is 0 Å². The van der Waals surface area contributed by atoms with E-state index in [9.17, 15) is 9.59 Å². The van der Waals surface area contributed by atoms with E-state index in [1.165, 1.54) is 60.3 Å². The molecule has 6 aliphatic rings. The molecule has 5 atom stereocenters. The Bertz CT molecular complexity index is 1090. The first kappa shape index (κ1) is 22.0. The minimum Gasteiger partial charge on any atom is -0.381 e. The number of hydrogen-bond donors (Lipinski definition) is 0. The van der Waals surface area contributed by atoms with Crippen molar-refractivity contribution in [3.63, 3.8) is 0 Å². The molecule has 0 amide bonds. The van der Waals surface area contributed by atoms with Crippen molar-refractivity contribution < 1.29 is 14.3 Å². The van der Waals surface area contributed by atoms with Crippen molar-refractivity contribution in [3.05, 3.63) is 27.0 Å². The van der Waals surface area contributed by atoms with Gasteiger partial charge in [-0.25, -0.2) is 0 Å². The quantitative estimate of drug-likeness (QED) is 0.484. The number of ketones is 2. The van der Waals surface area contributed by atoms with Crippen LogP contribution in [0.25, 0.3) is 5.57 Å². The summed E-state index contributed by atoms with van der Waals surface area (Å²) in [5.41, 5.74) is 3.73. The van der Waals surface area contributed by atoms with Gasteiger partial charge < -0.3 is 4.74 Å². The molecule has 5 fully saturated rings. The van der Waals surface area contributed by atoms with Gasteiger partial charge in [0.15, 0.2) is 5.78 Å². The highest BCUT2D eigenvalue weighted by atomic mass is 32.1. The molecule has 34 heavy (non-hydrogen) atoms. The molecule has 4 heteroatoms. The fourth-order valence-electron chi connectivity index (χ4n) is 10.6. The Kier molecular flexibility index (Phi) is 4.63. The van der Waals surface area contributed by atoms with Gasteiger partial charge in [-0.15, -0.1) is 11.3 Å². The van der Waals surface area contributed by atoms with Crippen LogP contribution in [0.15, 0.2) is 11.6 Å². The summed E-state index contributed by atoms with van der Waals surface area (Å²) in [4.78, 5) is 29.8. The number of fused-ring (bicyclic) bond motifs is 6. The second-order valence-electron chi connectivity index (χ2n) is 12.8. The molecule has 7 rings (SSSR count). The minimum atomic E-state index is -0.239. The van der Waals surface area contributed by atoms with Crippen molar-refractivity contribution >= 4 is 28.5 Å². The summed E-state index contributed by atoms with van der Waals surface area (Å²) in [6, 6.07) is 2.46. The highest BCUT2D eigenvalue weighted by Crippen LogP contribution is 2.81. The smallest absolute Gasteiger partial charge is 0.156 e. The summed E-state index contributed by atoms with van der Waals surface area (Å²) in [5.74, 6) is 3.58. The maximum absolute atomic E-state index is 13.6. The molecule has 1 aromatic heterocycles. The molecule has 0 radical (unpaired) electrons. The van der Waals surface area contributed by atoms with Crippen molar-refractivity contribution in [2.75, 3.05) is 7.11 Å². The lowest BCUT2D eigenvalue weighted by Crippen LogP contribution is -2.54. The molecule has 0 aromatic carbocycles. The normalized spacial score (nSPS) is 45.9. The fourth-order valence-corrected chi connectivity index (χ4v) is 12.4. The van der Waals surface area contributed by atoms with Crippen LogP contribution in [0.3, 0.4) is 0 Å². The van der Waals surface area contributed by atoms with Crippen LogP contribution in [-0.4, -0.2) is 24.8 Å². The first-order valence-corrected chi connectivity index (χ1v) is 14.5. The molecule has 3 bridgehead atoms. The number of thiophene rings is 1. The van der Waals surface area contributed by atoms with Gasteiger partial charge in [-0.3, -0.25) is 9.59 Å². The molecule has 1 aromatic rings. The van der Waals surface area contributed by atoms with Crippen LogP contribution in [0.4, 0.5) is 0 Å². The molecule has 2 spiro atoms. The SMILES string of the molecule is COC1CCC(c2cc3c(s2)C2(C4CC5CC6CC2CC56C4)C(C(C)=O)C(C(C)=O)=C3C)CC1. The molecule has 3 nitrogen and oxygen atoms in total. The van der Waals surface area contributed by atoms with E-state index in [2.05, 4.69) is 13.0 Å². The number of rotatable bonds is 4. The van der Waals surface area contributed by atoms with E-state index in [1.807, 2.05) is 18.4 Å². The lowest BCUT2D eigenvalue weighted by atomic mass is 9.49. The highest BCUT2D eigenvalue weighted by molar-refractivity contribution is 7.12. The van der Waals surface area contributed by atoms with Gasteiger partial charge in [0.25, 0.3) is 0 Å². The Labute approximate surface area is 207 Å². The van der Waals surface area contributed by atoms with E-state index in [1.54, 1.807) is 13.8 Å². The summed E-state index contributed by atoms with van der Waals surface area (Å²) < 4.78 is 5.65. The second kappa shape index (κ2) is 7.16. The van der Waals surface area contributed by atoms with Gasteiger partial charge in [0.05, 0.1) is 12.0 Å². The number of hydrogen-bond acceptors (Lipinski definition) is 4. The van der Waals surface area contributed by atoms with Gasteiger partial charge in [0.2, 0.25) is 0 Å². The van der Waals surface area contributed by atoms with E-state index in [4.69, 9.17) is 4.74 Å². The van der Waals surface area contributed by atoms with Crippen molar-refractivity contribution in [1.82, 2.24) is 0 Å². The summed E-state index contributed by atoms with van der Waals surface area (Å²) in [6.07, 6.45) is 11.6. The van der Waals surface area contributed by atoms with Gasteiger partial charge >= 0.3 is 0 Å². The van der Waals surface area contributed by atoms with Gasteiger partial charge in [-0.1, -0.05) is 0 Å². The standard InChI is InChI=1S/C30H38O3S/c1-15-24-12-25(18-5-7-23(33-4)8-6-18)34-28(24)30(27(17(3)32)26(15)16(2)31)21-10-19-9-20-11-22(30)14-29(19,20)13-21/h12,18-23,27H,5-11,13-14H2,1-4H3. The van der Waals surface area contributed by atoms with Crippen molar-refractivity contribution in [2.45, 2.75) is 96.0 Å². The number of carbonyl (C=O) groups is 2. The second-order valence-corrected chi connectivity index (χ2v) is 13.9. The Morgan fingerprint density at radius 2 is 1.59 bits per heavy atom. The van der Waals surface area contributed by atoms with Crippen LogP contribution in [0.1, 0.15) is 99.8 Å². The zero-order valence-corrected chi connectivity index (χ0v) is 21.9. The third-order valence-corrected chi connectivity index (χ3v) is 13.3. The Hall–Kier alpha value is -1.26. The molecule has 182 valence electrons. The average molecular weight is 479 g/mol. The largest absolute Gasteiger partial charge is 0.381 e. The third-order valence-electron chi connectivity index (χ3n) is 11.9. The molecule has 0 aliphatic heterocycles. The molecule has 6 aliphatic carbocycles. The number of carbonyl (C=O) groups excluding carboxylic acids is 2.